The second-order valence-corrected chi connectivity index (χ2v) is 4.18. The third-order valence-electron chi connectivity index (χ3n) is 3.29. The van der Waals surface area contributed by atoms with Crippen molar-refractivity contribution in [3.63, 3.8) is 0 Å². The van der Waals surface area contributed by atoms with Crippen LogP contribution < -0.4 is 5.73 Å². The van der Waals surface area contributed by atoms with Gasteiger partial charge in [-0.2, -0.15) is 0 Å². The first-order valence-corrected chi connectivity index (χ1v) is 5.31. The van der Waals surface area contributed by atoms with E-state index in [1.165, 1.54) is 0 Å². The molecule has 0 bridgehead atoms. The Balaban J connectivity index is 4.28. The van der Waals surface area contributed by atoms with E-state index in [2.05, 4.69) is 44.7 Å². The normalized spacial score (nSPS) is 17.1. The van der Waals surface area contributed by atoms with Gasteiger partial charge in [0.25, 0.3) is 0 Å². The lowest BCUT2D eigenvalue weighted by Crippen LogP contribution is -2.54. The largest absolute Gasteiger partial charge is 0.326 e. The van der Waals surface area contributed by atoms with E-state index >= 15 is 0 Å². The molecule has 0 rings (SSSR count). The quantitative estimate of drug-likeness (QED) is 0.680. The minimum atomic E-state index is 0.0927. The van der Waals surface area contributed by atoms with Gasteiger partial charge < -0.3 is 10.6 Å². The van der Waals surface area contributed by atoms with Crippen molar-refractivity contribution in [3.8, 4) is 11.8 Å². The van der Waals surface area contributed by atoms with Gasteiger partial charge in [-0.15, -0.1) is 11.8 Å². The summed E-state index contributed by atoms with van der Waals surface area (Å²) in [5, 5.41) is 0. The third-order valence-corrected chi connectivity index (χ3v) is 3.29. The van der Waals surface area contributed by atoms with Crippen molar-refractivity contribution in [1.29, 1.82) is 0 Å². The van der Waals surface area contributed by atoms with E-state index in [9.17, 15) is 0 Å². The van der Waals surface area contributed by atoms with Crippen LogP contribution in [0.25, 0.3) is 0 Å². The van der Waals surface area contributed by atoms with E-state index in [4.69, 9.17) is 5.73 Å². The van der Waals surface area contributed by atoms with E-state index in [-0.39, 0.29) is 11.6 Å². The van der Waals surface area contributed by atoms with Crippen LogP contribution in [0, 0.1) is 11.8 Å². The monoisotopic (exact) mass is 196 g/mol. The van der Waals surface area contributed by atoms with Crippen molar-refractivity contribution in [1.82, 2.24) is 4.90 Å². The fraction of sp³-hybridized carbons (Fsp3) is 0.833. The van der Waals surface area contributed by atoms with E-state index in [0.29, 0.717) is 0 Å². The highest BCUT2D eigenvalue weighted by Crippen LogP contribution is 2.22. The maximum atomic E-state index is 6.19. The topological polar surface area (TPSA) is 29.3 Å². The molecule has 0 aromatic rings. The molecular formula is C12H24N2. The SMILES string of the molecule is CC#CCCC(N)C(C)(CC)N(C)C. The molecule has 0 aliphatic heterocycles. The molecular weight excluding hydrogens is 172 g/mol. The molecule has 0 aliphatic carbocycles. The number of nitrogens with zero attached hydrogens (tertiary/aromatic N) is 1. The van der Waals surface area contributed by atoms with Crippen LogP contribution in [0.15, 0.2) is 0 Å². The lowest BCUT2D eigenvalue weighted by Gasteiger charge is -2.40. The minimum Gasteiger partial charge on any atom is -0.326 e. The molecule has 0 aromatic carbocycles. The number of rotatable bonds is 5. The van der Waals surface area contributed by atoms with Crippen LogP contribution in [-0.2, 0) is 0 Å². The molecule has 0 aliphatic rings. The first-order valence-electron chi connectivity index (χ1n) is 5.31. The maximum Gasteiger partial charge on any atom is 0.0323 e. The summed E-state index contributed by atoms with van der Waals surface area (Å²) in [5.74, 6) is 5.97. The van der Waals surface area contributed by atoms with Crippen molar-refractivity contribution >= 4 is 0 Å². The molecule has 0 amide bonds. The zero-order valence-electron chi connectivity index (χ0n) is 10.2. The Hall–Kier alpha value is -0.520. The fourth-order valence-corrected chi connectivity index (χ4v) is 1.57. The molecule has 82 valence electrons. The van der Waals surface area contributed by atoms with Gasteiger partial charge in [0.15, 0.2) is 0 Å². The van der Waals surface area contributed by atoms with Gasteiger partial charge in [-0.05, 0) is 40.8 Å². The van der Waals surface area contributed by atoms with Crippen molar-refractivity contribution in [2.24, 2.45) is 5.73 Å². The van der Waals surface area contributed by atoms with Crippen LogP contribution in [0.3, 0.4) is 0 Å². The smallest absolute Gasteiger partial charge is 0.0323 e. The first-order chi connectivity index (χ1) is 6.49. The standard InChI is InChI=1S/C12H24N2/c1-6-8-9-10-11(13)12(3,7-2)14(4)5/h11H,7,9-10,13H2,1-5H3. The molecule has 2 heteroatoms. The number of likely N-dealkylation sites (N-methyl/N-ethyl adjacent to an activating group) is 1. The molecule has 2 N–H and O–H groups in total. The molecule has 2 unspecified atom stereocenters. The molecule has 0 saturated heterocycles. The number of nitrogens with two attached hydrogens (primary N) is 1. The highest BCUT2D eigenvalue weighted by atomic mass is 15.2. The van der Waals surface area contributed by atoms with Crippen LogP contribution in [0.1, 0.15) is 40.0 Å². The van der Waals surface area contributed by atoms with Gasteiger partial charge in [0, 0.05) is 18.0 Å². The summed E-state index contributed by atoms with van der Waals surface area (Å²) in [4.78, 5) is 2.22. The summed E-state index contributed by atoms with van der Waals surface area (Å²) >= 11 is 0. The lowest BCUT2D eigenvalue weighted by molar-refractivity contribution is 0.128. The second kappa shape index (κ2) is 6.06. The predicted molar refractivity (Wildman–Crippen MR) is 63.0 cm³/mol. The van der Waals surface area contributed by atoms with Gasteiger partial charge in [-0.1, -0.05) is 6.92 Å². The van der Waals surface area contributed by atoms with Gasteiger partial charge >= 0.3 is 0 Å². The van der Waals surface area contributed by atoms with E-state index in [1.54, 1.807) is 0 Å². The number of hydrogen-bond donors (Lipinski definition) is 1. The van der Waals surface area contributed by atoms with Crippen LogP contribution in [0.4, 0.5) is 0 Å². The summed E-state index contributed by atoms with van der Waals surface area (Å²) in [6, 6.07) is 0.198. The van der Waals surface area contributed by atoms with Crippen LogP contribution in [0.5, 0.6) is 0 Å². The summed E-state index contributed by atoms with van der Waals surface area (Å²) in [6.45, 7) is 6.28. The van der Waals surface area contributed by atoms with Crippen LogP contribution >= 0.6 is 0 Å². The average Bonchev–Trinajstić information content (AvgIpc) is 2.16. The van der Waals surface area contributed by atoms with E-state index < -0.39 is 0 Å². The van der Waals surface area contributed by atoms with Gasteiger partial charge in [0.05, 0.1) is 0 Å². The molecule has 0 heterocycles. The zero-order chi connectivity index (χ0) is 11.2. The van der Waals surface area contributed by atoms with Crippen molar-refractivity contribution in [2.45, 2.75) is 51.6 Å². The van der Waals surface area contributed by atoms with Crippen molar-refractivity contribution in [3.05, 3.63) is 0 Å². The molecule has 0 spiro atoms. The molecule has 0 fully saturated rings. The Morgan fingerprint density at radius 1 is 1.43 bits per heavy atom. The Kier molecular flexibility index (Phi) is 5.83. The molecule has 14 heavy (non-hydrogen) atoms. The van der Waals surface area contributed by atoms with Gasteiger partial charge in [0.2, 0.25) is 0 Å². The lowest BCUT2D eigenvalue weighted by atomic mass is 9.86. The van der Waals surface area contributed by atoms with Crippen LogP contribution in [-0.4, -0.2) is 30.6 Å². The Labute approximate surface area is 88.9 Å². The molecule has 2 atom stereocenters. The molecule has 2 nitrogen and oxygen atoms in total. The molecule has 0 radical (unpaired) electrons. The predicted octanol–water partition coefficient (Wildman–Crippen LogP) is 1.85. The second-order valence-electron chi connectivity index (χ2n) is 4.18. The summed E-state index contributed by atoms with van der Waals surface area (Å²) in [5.41, 5.74) is 6.29. The fourth-order valence-electron chi connectivity index (χ4n) is 1.57. The zero-order valence-corrected chi connectivity index (χ0v) is 10.2. The van der Waals surface area contributed by atoms with Gasteiger partial charge in [-0.3, -0.25) is 0 Å². The van der Waals surface area contributed by atoms with Gasteiger partial charge in [-0.25, -0.2) is 0 Å². The Morgan fingerprint density at radius 2 is 2.00 bits per heavy atom. The minimum absolute atomic E-state index is 0.0927. The van der Waals surface area contributed by atoms with E-state index in [1.807, 2.05) is 6.92 Å². The Bertz CT molecular complexity index is 212. The maximum absolute atomic E-state index is 6.19. The van der Waals surface area contributed by atoms with E-state index in [0.717, 1.165) is 19.3 Å². The summed E-state index contributed by atoms with van der Waals surface area (Å²) < 4.78 is 0. The average molecular weight is 196 g/mol. The molecule has 0 aromatic heterocycles. The van der Waals surface area contributed by atoms with Crippen molar-refractivity contribution < 1.29 is 0 Å². The van der Waals surface area contributed by atoms with Gasteiger partial charge in [0.1, 0.15) is 0 Å². The summed E-state index contributed by atoms with van der Waals surface area (Å²) in [6.07, 6.45) is 2.95. The highest BCUT2D eigenvalue weighted by Gasteiger charge is 2.31. The third kappa shape index (κ3) is 3.32. The molecule has 0 saturated carbocycles. The van der Waals surface area contributed by atoms with Crippen molar-refractivity contribution in [2.75, 3.05) is 14.1 Å². The number of hydrogen-bond acceptors (Lipinski definition) is 2. The first kappa shape index (κ1) is 13.5. The summed E-state index contributed by atoms with van der Waals surface area (Å²) in [7, 11) is 4.18. The Morgan fingerprint density at radius 3 is 2.36 bits per heavy atom. The van der Waals surface area contributed by atoms with Crippen LogP contribution in [0.2, 0.25) is 0 Å². The highest BCUT2D eigenvalue weighted by molar-refractivity contribution is 4.99.